The fourth-order valence-electron chi connectivity index (χ4n) is 2.44. The van der Waals surface area contributed by atoms with Crippen LogP contribution >= 0.6 is 0 Å². The lowest BCUT2D eigenvalue weighted by Gasteiger charge is -2.12. The largest absolute Gasteiger partial charge is 0.497 e. The standard InChI is InChI=1S/C17H17NO2/c1-19-15-8-7-14(17(11-15)20-2)12-18-10-9-13-5-3-4-6-16(13)18/h3-11H,12H2,1-2H3. The van der Waals surface area contributed by atoms with Crippen molar-refractivity contribution in [2.24, 2.45) is 0 Å². The number of nitrogens with zero attached hydrogens (tertiary/aromatic N) is 1. The van der Waals surface area contributed by atoms with Gasteiger partial charge in [-0.1, -0.05) is 18.2 Å². The molecule has 0 bridgehead atoms. The van der Waals surface area contributed by atoms with Crippen molar-refractivity contribution in [1.82, 2.24) is 4.57 Å². The monoisotopic (exact) mass is 267 g/mol. The van der Waals surface area contributed by atoms with Gasteiger partial charge < -0.3 is 14.0 Å². The molecule has 0 aliphatic rings. The van der Waals surface area contributed by atoms with Crippen molar-refractivity contribution in [1.29, 1.82) is 0 Å². The van der Waals surface area contributed by atoms with Crippen LogP contribution in [0.4, 0.5) is 0 Å². The number of benzene rings is 2. The van der Waals surface area contributed by atoms with Crippen LogP contribution < -0.4 is 9.47 Å². The molecule has 0 fully saturated rings. The van der Waals surface area contributed by atoms with Gasteiger partial charge in [0, 0.05) is 23.3 Å². The lowest BCUT2D eigenvalue weighted by molar-refractivity contribution is 0.390. The molecule has 20 heavy (non-hydrogen) atoms. The Morgan fingerprint density at radius 2 is 1.80 bits per heavy atom. The molecular weight excluding hydrogens is 250 g/mol. The van der Waals surface area contributed by atoms with Gasteiger partial charge in [-0.05, 0) is 29.7 Å². The van der Waals surface area contributed by atoms with Crippen LogP contribution in [-0.2, 0) is 6.54 Å². The normalized spacial score (nSPS) is 10.7. The number of methoxy groups -OCH3 is 2. The van der Waals surface area contributed by atoms with E-state index in [1.165, 1.54) is 10.9 Å². The van der Waals surface area contributed by atoms with Crippen LogP contribution in [0.25, 0.3) is 10.9 Å². The van der Waals surface area contributed by atoms with Crippen LogP contribution in [0.1, 0.15) is 5.56 Å². The van der Waals surface area contributed by atoms with Crippen LogP contribution in [-0.4, -0.2) is 18.8 Å². The summed E-state index contributed by atoms with van der Waals surface area (Å²) in [6, 6.07) is 16.4. The van der Waals surface area contributed by atoms with Crippen LogP contribution in [0.5, 0.6) is 11.5 Å². The predicted molar refractivity (Wildman–Crippen MR) is 80.6 cm³/mol. The SMILES string of the molecule is COc1ccc(Cn2ccc3ccccc32)c(OC)c1. The van der Waals surface area contributed by atoms with Gasteiger partial charge >= 0.3 is 0 Å². The second-order valence-corrected chi connectivity index (χ2v) is 4.68. The minimum Gasteiger partial charge on any atom is -0.497 e. The fourth-order valence-corrected chi connectivity index (χ4v) is 2.44. The zero-order chi connectivity index (χ0) is 13.9. The first-order chi connectivity index (χ1) is 9.81. The Hall–Kier alpha value is -2.42. The first-order valence-corrected chi connectivity index (χ1v) is 6.56. The summed E-state index contributed by atoms with van der Waals surface area (Å²) < 4.78 is 12.9. The molecule has 0 saturated heterocycles. The molecule has 0 amide bonds. The average Bonchev–Trinajstić information content (AvgIpc) is 2.91. The van der Waals surface area contributed by atoms with Crippen molar-refractivity contribution >= 4 is 10.9 Å². The molecule has 0 aliphatic heterocycles. The third kappa shape index (κ3) is 2.23. The summed E-state index contributed by atoms with van der Waals surface area (Å²) in [5.74, 6) is 1.66. The molecular formula is C17H17NO2. The van der Waals surface area contributed by atoms with E-state index >= 15 is 0 Å². The highest BCUT2D eigenvalue weighted by Gasteiger charge is 2.07. The van der Waals surface area contributed by atoms with E-state index in [0.717, 1.165) is 23.6 Å². The highest BCUT2D eigenvalue weighted by molar-refractivity contribution is 5.80. The Morgan fingerprint density at radius 1 is 0.950 bits per heavy atom. The van der Waals surface area contributed by atoms with Crippen molar-refractivity contribution in [3.05, 3.63) is 60.3 Å². The molecule has 0 spiro atoms. The molecule has 0 atom stereocenters. The third-order valence-corrected chi connectivity index (χ3v) is 3.52. The molecule has 102 valence electrons. The van der Waals surface area contributed by atoms with Gasteiger partial charge in [0.25, 0.3) is 0 Å². The highest BCUT2D eigenvalue weighted by Crippen LogP contribution is 2.26. The minimum absolute atomic E-state index is 0.778. The van der Waals surface area contributed by atoms with E-state index in [1.54, 1.807) is 14.2 Å². The van der Waals surface area contributed by atoms with Crippen LogP contribution in [0.15, 0.2) is 54.7 Å². The molecule has 3 heteroatoms. The fraction of sp³-hybridized carbons (Fsp3) is 0.176. The van der Waals surface area contributed by atoms with E-state index in [1.807, 2.05) is 18.2 Å². The topological polar surface area (TPSA) is 23.4 Å². The van der Waals surface area contributed by atoms with E-state index in [2.05, 4.69) is 41.1 Å². The summed E-state index contributed by atoms with van der Waals surface area (Å²) in [5, 5.41) is 1.25. The first-order valence-electron chi connectivity index (χ1n) is 6.56. The molecule has 1 aromatic heterocycles. The summed E-state index contributed by atoms with van der Waals surface area (Å²) >= 11 is 0. The lowest BCUT2D eigenvalue weighted by Crippen LogP contribution is -2.00. The van der Waals surface area contributed by atoms with Crippen molar-refractivity contribution in [2.45, 2.75) is 6.54 Å². The van der Waals surface area contributed by atoms with Gasteiger partial charge in [-0.15, -0.1) is 0 Å². The van der Waals surface area contributed by atoms with Gasteiger partial charge in [0.1, 0.15) is 11.5 Å². The van der Waals surface area contributed by atoms with E-state index < -0.39 is 0 Å². The summed E-state index contributed by atoms with van der Waals surface area (Å²) in [5.41, 5.74) is 2.36. The molecule has 3 aromatic rings. The van der Waals surface area contributed by atoms with Crippen LogP contribution in [0.3, 0.4) is 0 Å². The van der Waals surface area contributed by atoms with Gasteiger partial charge in [-0.2, -0.15) is 0 Å². The van der Waals surface area contributed by atoms with E-state index in [9.17, 15) is 0 Å². The zero-order valence-electron chi connectivity index (χ0n) is 11.7. The summed E-state index contributed by atoms with van der Waals surface area (Å²) in [6.07, 6.45) is 2.11. The second-order valence-electron chi connectivity index (χ2n) is 4.68. The van der Waals surface area contributed by atoms with E-state index in [4.69, 9.17) is 9.47 Å². The lowest BCUT2D eigenvalue weighted by atomic mass is 10.2. The quantitative estimate of drug-likeness (QED) is 0.719. The molecule has 0 saturated carbocycles. The molecule has 3 rings (SSSR count). The maximum absolute atomic E-state index is 5.46. The minimum atomic E-state index is 0.778. The molecule has 0 radical (unpaired) electrons. The average molecular weight is 267 g/mol. The van der Waals surface area contributed by atoms with Crippen molar-refractivity contribution in [3.63, 3.8) is 0 Å². The Balaban J connectivity index is 1.98. The predicted octanol–water partition coefficient (Wildman–Crippen LogP) is 3.71. The number of ether oxygens (including phenoxy) is 2. The highest BCUT2D eigenvalue weighted by atomic mass is 16.5. The van der Waals surface area contributed by atoms with E-state index in [0.29, 0.717) is 0 Å². The molecule has 0 unspecified atom stereocenters. The Morgan fingerprint density at radius 3 is 2.60 bits per heavy atom. The Kier molecular flexibility index (Phi) is 3.33. The number of para-hydroxylation sites is 1. The number of hydrogen-bond acceptors (Lipinski definition) is 2. The maximum Gasteiger partial charge on any atom is 0.127 e. The van der Waals surface area contributed by atoms with Crippen LogP contribution in [0.2, 0.25) is 0 Å². The molecule has 1 heterocycles. The van der Waals surface area contributed by atoms with E-state index in [-0.39, 0.29) is 0 Å². The maximum atomic E-state index is 5.46. The zero-order valence-corrected chi connectivity index (χ0v) is 11.7. The summed E-state index contributed by atoms with van der Waals surface area (Å²) in [6.45, 7) is 0.778. The number of rotatable bonds is 4. The van der Waals surface area contributed by atoms with Gasteiger partial charge in [0.05, 0.1) is 20.8 Å². The van der Waals surface area contributed by atoms with Gasteiger partial charge in [0.2, 0.25) is 0 Å². The number of fused-ring (bicyclic) bond motifs is 1. The van der Waals surface area contributed by atoms with Crippen molar-refractivity contribution in [2.75, 3.05) is 14.2 Å². The van der Waals surface area contributed by atoms with Crippen molar-refractivity contribution < 1.29 is 9.47 Å². The summed E-state index contributed by atoms with van der Waals surface area (Å²) in [7, 11) is 3.35. The number of hydrogen-bond donors (Lipinski definition) is 0. The molecule has 3 nitrogen and oxygen atoms in total. The first kappa shape index (κ1) is 12.6. The van der Waals surface area contributed by atoms with Gasteiger partial charge in [-0.25, -0.2) is 0 Å². The van der Waals surface area contributed by atoms with Gasteiger partial charge in [-0.3, -0.25) is 0 Å². The molecule has 0 aliphatic carbocycles. The smallest absolute Gasteiger partial charge is 0.127 e. The molecule has 0 N–H and O–H groups in total. The second kappa shape index (κ2) is 5.29. The number of aromatic nitrogens is 1. The molecule has 2 aromatic carbocycles. The van der Waals surface area contributed by atoms with Crippen molar-refractivity contribution in [3.8, 4) is 11.5 Å². The van der Waals surface area contributed by atoms with Gasteiger partial charge in [0.15, 0.2) is 0 Å². The third-order valence-electron chi connectivity index (χ3n) is 3.52. The van der Waals surface area contributed by atoms with Crippen LogP contribution in [0, 0.1) is 0 Å². The Bertz CT molecular complexity index is 731. The summed E-state index contributed by atoms with van der Waals surface area (Å²) in [4.78, 5) is 0. The Labute approximate surface area is 118 Å².